The van der Waals surface area contributed by atoms with E-state index in [0.717, 1.165) is 6.07 Å². The lowest BCUT2D eigenvalue weighted by Crippen LogP contribution is -2.26. The van der Waals surface area contributed by atoms with Crippen molar-refractivity contribution < 1.29 is 20.1 Å². The maximum absolute atomic E-state index is 11.2. The minimum Gasteiger partial charge on any atom is -0.504 e. The second kappa shape index (κ2) is 2.70. The summed E-state index contributed by atoms with van der Waals surface area (Å²) in [6.07, 6.45) is -0.968. The predicted octanol–water partition coefficient (Wildman–Crippen LogP) is -0.366. The Hall–Kier alpha value is -1.59. The molecule has 0 saturated carbocycles. The molecule has 14 heavy (non-hydrogen) atoms. The molecule has 5 heteroatoms. The zero-order valence-corrected chi connectivity index (χ0v) is 7.19. The van der Waals surface area contributed by atoms with Crippen LogP contribution in [0.25, 0.3) is 0 Å². The lowest BCUT2D eigenvalue weighted by Gasteiger charge is -2.26. The number of rotatable bonds is 2. The molecular formula is C9H9NO4. The molecule has 3 rings (SSSR count). The van der Waals surface area contributed by atoms with E-state index >= 15 is 0 Å². The van der Waals surface area contributed by atoms with Crippen LogP contribution in [0.2, 0.25) is 0 Å². The van der Waals surface area contributed by atoms with Gasteiger partial charge >= 0.3 is 0 Å². The fraction of sp³-hybridized carbons (Fsp3) is 0.222. The van der Waals surface area contributed by atoms with Gasteiger partial charge in [-0.1, -0.05) is 0 Å². The molecule has 0 amide bonds. The van der Waals surface area contributed by atoms with Crippen LogP contribution in [-0.2, 0) is 0 Å². The Bertz CT molecular complexity index is 427. The number of carbonyl (C=O) groups excluding carboxylic acids is 1. The van der Waals surface area contributed by atoms with Gasteiger partial charge in [-0.25, -0.2) is 0 Å². The van der Waals surface area contributed by atoms with E-state index in [4.69, 9.17) is 10.8 Å². The third kappa shape index (κ3) is 0.878. The summed E-state index contributed by atoms with van der Waals surface area (Å²) in [6.45, 7) is -0.0303. The lowest BCUT2D eigenvalue weighted by atomic mass is 9.79. The summed E-state index contributed by atoms with van der Waals surface area (Å²) in [6, 6.07) is 1.14. The van der Waals surface area contributed by atoms with Crippen molar-refractivity contribution in [3.8, 4) is 11.5 Å². The number of hydrogen-bond donors (Lipinski definition) is 4. The average Bonchev–Trinajstić information content (AvgIpc) is 2.18. The largest absolute Gasteiger partial charge is 0.504 e. The first-order chi connectivity index (χ1) is 6.57. The number of aromatic hydroxyl groups is 2. The quantitative estimate of drug-likeness (QED) is 0.490. The summed E-state index contributed by atoms with van der Waals surface area (Å²) in [5, 5.41) is 27.9. The number of hydrogen-bond acceptors (Lipinski definition) is 5. The zero-order valence-electron chi connectivity index (χ0n) is 7.19. The normalized spacial score (nSPS) is 15.1. The van der Waals surface area contributed by atoms with Crippen LogP contribution >= 0.6 is 0 Å². The molecule has 0 radical (unpaired) electrons. The van der Waals surface area contributed by atoms with Crippen LogP contribution in [0.15, 0.2) is 6.07 Å². The molecule has 0 aliphatic heterocycles. The smallest absolute Gasteiger partial charge is 0.197 e. The highest BCUT2D eigenvalue weighted by Crippen LogP contribution is 2.45. The Morgan fingerprint density at radius 1 is 1.43 bits per heavy atom. The monoisotopic (exact) mass is 195 g/mol. The molecule has 0 fully saturated rings. The average molecular weight is 195 g/mol. The summed E-state index contributed by atoms with van der Waals surface area (Å²) in [5.74, 6) is -1.18. The van der Waals surface area contributed by atoms with Gasteiger partial charge < -0.3 is 21.1 Å². The number of nitrogens with two attached hydrogens (primary N) is 1. The third-order valence-electron chi connectivity index (χ3n) is 2.35. The first-order valence-electron chi connectivity index (χ1n) is 4.09. The van der Waals surface area contributed by atoms with Crippen LogP contribution in [0, 0.1) is 0 Å². The van der Waals surface area contributed by atoms with Crippen LogP contribution in [0.3, 0.4) is 0 Å². The van der Waals surface area contributed by atoms with Crippen LogP contribution in [0.1, 0.15) is 27.6 Å². The van der Waals surface area contributed by atoms with E-state index in [0.29, 0.717) is 5.56 Å². The maximum Gasteiger partial charge on any atom is 0.197 e. The van der Waals surface area contributed by atoms with Gasteiger partial charge in [-0.05, 0) is 6.07 Å². The highest BCUT2D eigenvalue weighted by molar-refractivity contribution is 6.22. The number of fused-ring (bicyclic) bond motifs is 2. The molecular weight excluding hydrogens is 186 g/mol. The summed E-state index contributed by atoms with van der Waals surface area (Å²) in [7, 11) is 0. The van der Waals surface area contributed by atoms with Gasteiger partial charge in [-0.3, -0.25) is 4.79 Å². The van der Waals surface area contributed by atoms with E-state index in [-0.39, 0.29) is 29.2 Å². The van der Waals surface area contributed by atoms with Crippen molar-refractivity contribution >= 4 is 5.78 Å². The van der Waals surface area contributed by atoms with Gasteiger partial charge in [0.2, 0.25) is 0 Å². The molecule has 2 bridgehead atoms. The molecule has 5 nitrogen and oxygen atoms in total. The summed E-state index contributed by atoms with van der Waals surface area (Å²) in [4.78, 5) is 11.2. The van der Waals surface area contributed by atoms with E-state index in [1.165, 1.54) is 0 Å². The van der Waals surface area contributed by atoms with Crippen molar-refractivity contribution in [3.63, 3.8) is 0 Å². The topological polar surface area (TPSA) is 104 Å². The van der Waals surface area contributed by atoms with Gasteiger partial charge in [-0.2, -0.15) is 0 Å². The molecule has 0 unspecified atom stereocenters. The number of carbonyl (C=O) groups is 1. The molecule has 1 atom stereocenters. The second-order valence-corrected chi connectivity index (χ2v) is 3.16. The van der Waals surface area contributed by atoms with Gasteiger partial charge in [0.15, 0.2) is 17.3 Å². The van der Waals surface area contributed by atoms with E-state index < -0.39 is 11.9 Å². The predicted molar refractivity (Wildman–Crippen MR) is 47.2 cm³/mol. The minimum absolute atomic E-state index is 0.0158. The van der Waals surface area contributed by atoms with Crippen molar-refractivity contribution in [3.05, 3.63) is 22.8 Å². The fourth-order valence-corrected chi connectivity index (χ4v) is 1.63. The zero-order chi connectivity index (χ0) is 10.5. The fourth-order valence-electron chi connectivity index (χ4n) is 1.63. The lowest BCUT2D eigenvalue weighted by molar-refractivity contribution is 0.0988. The highest BCUT2D eigenvalue weighted by Gasteiger charge is 2.37. The number of ketones is 1. The Morgan fingerprint density at radius 3 is 2.57 bits per heavy atom. The van der Waals surface area contributed by atoms with E-state index in [2.05, 4.69) is 0 Å². The molecule has 0 saturated heterocycles. The molecule has 0 spiro atoms. The molecule has 1 aromatic rings. The molecule has 0 heterocycles. The SMILES string of the molecule is NC[C@H](O)c1c2cc(O)c(O)c1C2=O. The van der Waals surface area contributed by atoms with E-state index in [1.54, 1.807) is 0 Å². The van der Waals surface area contributed by atoms with Gasteiger partial charge in [0, 0.05) is 17.7 Å². The molecule has 5 N–H and O–H groups in total. The number of aliphatic hydroxyl groups is 1. The Labute approximate surface area is 79.4 Å². The van der Waals surface area contributed by atoms with Crippen molar-refractivity contribution in [2.75, 3.05) is 6.54 Å². The van der Waals surface area contributed by atoms with E-state index in [1.807, 2.05) is 0 Å². The van der Waals surface area contributed by atoms with Gasteiger partial charge in [-0.15, -0.1) is 0 Å². The van der Waals surface area contributed by atoms with Crippen molar-refractivity contribution in [1.29, 1.82) is 0 Å². The Kier molecular flexibility index (Phi) is 1.73. The van der Waals surface area contributed by atoms with Crippen LogP contribution in [0.5, 0.6) is 11.5 Å². The first kappa shape index (κ1) is 8.98. The van der Waals surface area contributed by atoms with Crippen molar-refractivity contribution in [2.24, 2.45) is 5.73 Å². The molecule has 1 aromatic carbocycles. The van der Waals surface area contributed by atoms with Gasteiger partial charge in [0.25, 0.3) is 0 Å². The third-order valence-corrected chi connectivity index (χ3v) is 2.35. The number of benzene rings is 1. The first-order valence-corrected chi connectivity index (χ1v) is 4.09. The summed E-state index contributed by atoms with van der Waals surface area (Å²) < 4.78 is 0. The summed E-state index contributed by atoms with van der Waals surface area (Å²) >= 11 is 0. The number of phenols is 2. The van der Waals surface area contributed by atoms with Gasteiger partial charge in [0.1, 0.15) is 0 Å². The molecule has 0 aromatic heterocycles. The van der Waals surface area contributed by atoms with Crippen LogP contribution in [0.4, 0.5) is 0 Å². The summed E-state index contributed by atoms with van der Waals surface area (Å²) in [5.41, 5.74) is 5.77. The standard InChI is InChI=1S/C9H9NO4/c10-2-5(12)6-3-1-4(11)9(14)7(6)8(3)13/h1,5,11-12,14H,2,10H2/t5-/m0/s1. The molecule has 2 aliphatic carbocycles. The number of aliphatic hydroxyl groups excluding tert-OH is 1. The van der Waals surface area contributed by atoms with Crippen molar-refractivity contribution in [2.45, 2.75) is 6.10 Å². The van der Waals surface area contributed by atoms with Crippen molar-refractivity contribution in [1.82, 2.24) is 0 Å². The minimum atomic E-state index is -0.968. The molecule has 2 aliphatic rings. The van der Waals surface area contributed by atoms with Crippen LogP contribution in [-0.4, -0.2) is 27.6 Å². The van der Waals surface area contributed by atoms with E-state index in [9.17, 15) is 15.0 Å². The highest BCUT2D eigenvalue weighted by atomic mass is 16.3. The van der Waals surface area contributed by atoms with Crippen LogP contribution < -0.4 is 5.73 Å². The number of phenolic OH excluding ortho intramolecular Hbond substituents is 2. The second-order valence-electron chi connectivity index (χ2n) is 3.16. The molecule has 74 valence electrons. The Balaban J connectivity index is 2.60. The maximum atomic E-state index is 11.2. The Morgan fingerprint density at radius 2 is 2.07 bits per heavy atom. The van der Waals surface area contributed by atoms with Gasteiger partial charge in [0.05, 0.1) is 11.7 Å².